The van der Waals surface area contributed by atoms with E-state index in [0.717, 1.165) is 23.4 Å². The summed E-state index contributed by atoms with van der Waals surface area (Å²) in [5.74, 6) is -0.177. The molecule has 2 aromatic carbocycles. The Morgan fingerprint density at radius 3 is 2.71 bits per heavy atom. The standard InChI is InChI=1S/C18H22FNS/c1-4-10-20-14(3)17-12-15(19)8-9-18(17)21-16-7-5-6-13(2)11-16/h5-9,11-12,14,20H,4,10H2,1-3H3. The van der Waals surface area contributed by atoms with Gasteiger partial charge in [0.25, 0.3) is 0 Å². The first-order chi connectivity index (χ1) is 10.1. The van der Waals surface area contributed by atoms with E-state index in [1.165, 1.54) is 16.5 Å². The monoisotopic (exact) mass is 303 g/mol. The highest BCUT2D eigenvalue weighted by Crippen LogP contribution is 2.34. The normalized spacial score (nSPS) is 12.4. The second-order valence-electron chi connectivity index (χ2n) is 5.28. The van der Waals surface area contributed by atoms with Gasteiger partial charge in [0.15, 0.2) is 0 Å². The smallest absolute Gasteiger partial charge is 0.123 e. The lowest BCUT2D eigenvalue weighted by atomic mass is 10.1. The number of aryl methyl sites for hydroxylation is 1. The van der Waals surface area contributed by atoms with Crippen molar-refractivity contribution in [3.05, 3.63) is 59.4 Å². The molecule has 3 heteroatoms. The van der Waals surface area contributed by atoms with Crippen molar-refractivity contribution in [2.75, 3.05) is 6.54 Å². The van der Waals surface area contributed by atoms with Gasteiger partial charge >= 0.3 is 0 Å². The van der Waals surface area contributed by atoms with Crippen LogP contribution in [0.5, 0.6) is 0 Å². The molecule has 0 aliphatic carbocycles. The Labute approximate surface area is 131 Å². The molecule has 0 radical (unpaired) electrons. The van der Waals surface area contributed by atoms with Gasteiger partial charge in [0, 0.05) is 15.8 Å². The molecule has 0 aliphatic rings. The Balaban J connectivity index is 2.26. The molecule has 0 aromatic heterocycles. The lowest BCUT2D eigenvalue weighted by Gasteiger charge is -2.18. The number of benzene rings is 2. The first-order valence-corrected chi connectivity index (χ1v) is 8.19. The van der Waals surface area contributed by atoms with Gasteiger partial charge in [0.05, 0.1) is 0 Å². The number of hydrogen-bond acceptors (Lipinski definition) is 2. The maximum absolute atomic E-state index is 13.6. The SMILES string of the molecule is CCCNC(C)c1cc(F)ccc1Sc1cccc(C)c1. The highest BCUT2D eigenvalue weighted by Gasteiger charge is 2.12. The summed E-state index contributed by atoms with van der Waals surface area (Å²) in [6.07, 6.45) is 1.07. The van der Waals surface area contributed by atoms with E-state index < -0.39 is 0 Å². The van der Waals surface area contributed by atoms with Crippen molar-refractivity contribution >= 4 is 11.8 Å². The van der Waals surface area contributed by atoms with Crippen LogP contribution in [-0.2, 0) is 0 Å². The molecule has 0 heterocycles. The summed E-state index contributed by atoms with van der Waals surface area (Å²) in [4.78, 5) is 2.30. The van der Waals surface area contributed by atoms with E-state index in [-0.39, 0.29) is 11.9 Å². The van der Waals surface area contributed by atoms with E-state index in [1.807, 2.05) is 6.07 Å². The van der Waals surface area contributed by atoms with Crippen LogP contribution < -0.4 is 5.32 Å². The minimum atomic E-state index is -0.177. The summed E-state index contributed by atoms with van der Waals surface area (Å²) in [6, 6.07) is 13.6. The largest absolute Gasteiger partial charge is 0.310 e. The molecule has 112 valence electrons. The first-order valence-electron chi connectivity index (χ1n) is 7.37. The second kappa shape index (κ2) is 7.62. The van der Waals surface area contributed by atoms with Gasteiger partial charge in [-0.15, -0.1) is 0 Å². The molecular weight excluding hydrogens is 281 g/mol. The molecule has 1 N–H and O–H groups in total. The lowest BCUT2D eigenvalue weighted by Crippen LogP contribution is -2.20. The quantitative estimate of drug-likeness (QED) is 0.772. The van der Waals surface area contributed by atoms with Crippen molar-refractivity contribution in [2.45, 2.75) is 43.0 Å². The van der Waals surface area contributed by atoms with Crippen LogP contribution in [0.1, 0.15) is 37.4 Å². The van der Waals surface area contributed by atoms with Gasteiger partial charge in [-0.05, 0) is 62.7 Å². The molecule has 2 aromatic rings. The van der Waals surface area contributed by atoms with Crippen molar-refractivity contribution in [1.82, 2.24) is 5.32 Å². The summed E-state index contributed by atoms with van der Waals surface area (Å²) >= 11 is 1.69. The molecule has 0 amide bonds. The third kappa shape index (κ3) is 4.58. The van der Waals surface area contributed by atoms with Crippen molar-refractivity contribution in [3.63, 3.8) is 0 Å². The molecule has 0 saturated heterocycles. The van der Waals surface area contributed by atoms with Crippen molar-refractivity contribution in [2.24, 2.45) is 0 Å². The molecule has 2 rings (SSSR count). The van der Waals surface area contributed by atoms with Crippen LogP contribution in [0, 0.1) is 12.7 Å². The van der Waals surface area contributed by atoms with Crippen LogP contribution >= 0.6 is 11.8 Å². The van der Waals surface area contributed by atoms with Gasteiger partial charge in [-0.2, -0.15) is 0 Å². The fourth-order valence-corrected chi connectivity index (χ4v) is 3.36. The van der Waals surface area contributed by atoms with Gasteiger partial charge in [-0.1, -0.05) is 36.4 Å². The van der Waals surface area contributed by atoms with Gasteiger partial charge in [-0.3, -0.25) is 0 Å². The van der Waals surface area contributed by atoms with Gasteiger partial charge in [-0.25, -0.2) is 4.39 Å². The van der Waals surface area contributed by atoms with Crippen LogP contribution in [-0.4, -0.2) is 6.54 Å². The molecule has 0 bridgehead atoms. The highest BCUT2D eigenvalue weighted by atomic mass is 32.2. The number of rotatable bonds is 6. The minimum absolute atomic E-state index is 0.146. The molecule has 1 atom stereocenters. The fraction of sp³-hybridized carbons (Fsp3) is 0.333. The average molecular weight is 303 g/mol. The maximum Gasteiger partial charge on any atom is 0.123 e. The molecule has 0 aliphatic heterocycles. The fourth-order valence-electron chi connectivity index (χ4n) is 2.23. The molecule has 0 spiro atoms. The summed E-state index contributed by atoms with van der Waals surface area (Å²) in [5, 5.41) is 3.43. The van der Waals surface area contributed by atoms with E-state index in [0.29, 0.717) is 0 Å². The summed E-state index contributed by atoms with van der Waals surface area (Å²) in [7, 11) is 0. The van der Waals surface area contributed by atoms with Gasteiger partial charge in [0.2, 0.25) is 0 Å². The number of halogens is 1. The van der Waals surface area contributed by atoms with Crippen LogP contribution in [0.25, 0.3) is 0 Å². The van der Waals surface area contributed by atoms with Gasteiger partial charge < -0.3 is 5.32 Å². The Morgan fingerprint density at radius 2 is 2.00 bits per heavy atom. The Morgan fingerprint density at radius 1 is 1.19 bits per heavy atom. The number of hydrogen-bond donors (Lipinski definition) is 1. The van der Waals surface area contributed by atoms with Crippen molar-refractivity contribution in [3.8, 4) is 0 Å². The summed E-state index contributed by atoms with van der Waals surface area (Å²) in [6.45, 7) is 7.24. The third-order valence-electron chi connectivity index (χ3n) is 3.36. The van der Waals surface area contributed by atoms with Crippen LogP contribution in [0.3, 0.4) is 0 Å². The molecular formula is C18H22FNS. The zero-order valence-electron chi connectivity index (χ0n) is 12.8. The van der Waals surface area contributed by atoms with E-state index >= 15 is 0 Å². The van der Waals surface area contributed by atoms with Gasteiger partial charge in [0.1, 0.15) is 5.82 Å². The Hall–Kier alpha value is -1.32. The third-order valence-corrected chi connectivity index (χ3v) is 4.44. The van der Waals surface area contributed by atoms with Crippen LogP contribution in [0.4, 0.5) is 4.39 Å². The average Bonchev–Trinajstić information content (AvgIpc) is 2.46. The highest BCUT2D eigenvalue weighted by molar-refractivity contribution is 7.99. The van der Waals surface area contributed by atoms with Crippen LogP contribution in [0.15, 0.2) is 52.3 Å². The van der Waals surface area contributed by atoms with E-state index in [1.54, 1.807) is 17.8 Å². The summed E-state index contributed by atoms with van der Waals surface area (Å²) < 4.78 is 13.6. The zero-order valence-corrected chi connectivity index (χ0v) is 13.6. The zero-order chi connectivity index (χ0) is 15.2. The second-order valence-corrected chi connectivity index (χ2v) is 6.39. The molecule has 1 unspecified atom stereocenters. The molecule has 0 fully saturated rings. The predicted octanol–water partition coefficient (Wildman–Crippen LogP) is 5.35. The van der Waals surface area contributed by atoms with E-state index in [2.05, 4.69) is 50.4 Å². The molecule has 1 nitrogen and oxygen atoms in total. The Kier molecular flexibility index (Phi) is 5.83. The van der Waals surface area contributed by atoms with Crippen molar-refractivity contribution in [1.29, 1.82) is 0 Å². The molecule has 0 saturated carbocycles. The summed E-state index contributed by atoms with van der Waals surface area (Å²) in [5.41, 5.74) is 2.26. The van der Waals surface area contributed by atoms with Crippen molar-refractivity contribution < 1.29 is 4.39 Å². The number of nitrogens with one attached hydrogen (secondary N) is 1. The topological polar surface area (TPSA) is 12.0 Å². The van der Waals surface area contributed by atoms with Crippen LogP contribution in [0.2, 0.25) is 0 Å². The van der Waals surface area contributed by atoms with E-state index in [9.17, 15) is 4.39 Å². The minimum Gasteiger partial charge on any atom is -0.310 e. The van der Waals surface area contributed by atoms with E-state index in [4.69, 9.17) is 0 Å². The lowest BCUT2D eigenvalue weighted by molar-refractivity contribution is 0.554. The maximum atomic E-state index is 13.6. The predicted molar refractivity (Wildman–Crippen MR) is 88.4 cm³/mol. The molecule has 21 heavy (non-hydrogen) atoms. The first kappa shape index (κ1) is 16.1. The Bertz CT molecular complexity index is 598.